The van der Waals surface area contributed by atoms with Gasteiger partial charge in [-0.05, 0) is 70.8 Å². The summed E-state index contributed by atoms with van der Waals surface area (Å²) in [4.78, 5) is 60.3. The Kier molecular flexibility index (Phi) is 17.7. The Morgan fingerprint density at radius 1 is 0.833 bits per heavy atom. The molecule has 2 aliphatic rings. The third-order valence-electron chi connectivity index (χ3n) is 10.3. The Bertz CT molecular complexity index is 1070. The number of piperidine rings is 1. The number of amides is 4. The molecule has 2 aliphatic heterocycles. The van der Waals surface area contributed by atoms with E-state index in [1.54, 1.807) is 23.8 Å². The molecular weight excluding hydrogens is 602 g/mol. The summed E-state index contributed by atoms with van der Waals surface area (Å²) in [6.45, 7) is 20.3. The molecule has 3 unspecified atom stereocenters. The van der Waals surface area contributed by atoms with Crippen LogP contribution in [-0.4, -0.2) is 95.2 Å². The topological polar surface area (TPSA) is 102 Å². The molecule has 9 heteroatoms. The predicted octanol–water partition coefficient (Wildman–Crippen LogP) is 6.46. The molecule has 276 valence electrons. The van der Waals surface area contributed by atoms with Gasteiger partial charge in [0, 0.05) is 31.8 Å². The highest BCUT2D eigenvalue weighted by molar-refractivity contribution is 5.97. The fourth-order valence-corrected chi connectivity index (χ4v) is 7.27. The van der Waals surface area contributed by atoms with E-state index in [0.717, 1.165) is 45.1 Å². The highest BCUT2D eigenvalue weighted by atomic mass is 16.2. The van der Waals surface area contributed by atoms with Crippen LogP contribution in [-0.2, 0) is 19.2 Å². The Balaban J connectivity index is 2.07. The molecule has 2 N–H and O–H groups in total. The number of nitrogens with one attached hydrogen (secondary N) is 2. The average Bonchev–Trinajstić information content (AvgIpc) is 3.53. The maximum absolute atomic E-state index is 14.2. The minimum absolute atomic E-state index is 0.0251. The summed E-state index contributed by atoms with van der Waals surface area (Å²) in [5, 5.41) is 6.23. The first-order valence-electron chi connectivity index (χ1n) is 19.2. The summed E-state index contributed by atoms with van der Waals surface area (Å²) < 4.78 is 0. The first-order valence-corrected chi connectivity index (χ1v) is 19.2. The number of hydrogen-bond acceptors (Lipinski definition) is 5. The summed E-state index contributed by atoms with van der Waals surface area (Å²) >= 11 is 0. The van der Waals surface area contributed by atoms with Crippen LogP contribution in [0.3, 0.4) is 0 Å². The van der Waals surface area contributed by atoms with E-state index in [1.807, 2.05) is 40.7 Å². The molecule has 0 bridgehead atoms. The Morgan fingerprint density at radius 2 is 1.44 bits per heavy atom. The lowest BCUT2D eigenvalue weighted by atomic mass is 9.84. The van der Waals surface area contributed by atoms with Gasteiger partial charge in [0.05, 0.1) is 12.1 Å². The maximum Gasteiger partial charge on any atom is 0.249 e. The molecule has 0 radical (unpaired) electrons. The van der Waals surface area contributed by atoms with E-state index in [1.165, 1.54) is 38.5 Å². The first kappa shape index (κ1) is 41.7. The molecule has 0 aromatic rings. The van der Waals surface area contributed by atoms with Gasteiger partial charge in [-0.25, -0.2) is 0 Å². The lowest BCUT2D eigenvalue weighted by Gasteiger charge is -2.41. The number of carbonyl (C=O) groups excluding carboxylic acids is 4. The normalized spacial score (nSPS) is 20.6. The quantitative estimate of drug-likeness (QED) is 0.129. The van der Waals surface area contributed by atoms with Gasteiger partial charge in [-0.1, -0.05) is 99.0 Å². The molecule has 0 spiro atoms. The van der Waals surface area contributed by atoms with Gasteiger partial charge in [0.25, 0.3) is 0 Å². The highest BCUT2D eigenvalue weighted by Gasteiger charge is 2.40. The number of likely N-dealkylation sites (tertiary alicyclic amines) is 2. The zero-order chi connectivity index (χ0) is 36.0. The van der Waals surface area contributed by atoms with Crippen molar-refractivity contribution in [3.8, 4) is 0 Å². The van der Waals surface area contributed by atoms with Crippen molar-refractivity contribution in [3.63, 3.8) is 0 Å². The van der Waals surface area contributed by atoms with Crippen molar-refractivity contribution < 1.29 is 19.2 Å². The van der Waals surface area contributed by atoms with E-state index >= 15 is 0 Å². The van der Waals surface area contributed by atoms with Crippen molar-refractivity contribution in [3.05, 3.63) is 11.6 Å². The molecule has 4 amide bonds. The number of hydrogen-bond donors (Lipinski definition) is 2. The van der Waals surface area contributed by atoms with E-state index in [0.29, 0.717) is 25.1 Å². The number of nitrogens with zero attached hydrogens (tertiary/aromatic N) is 3. The van der Waals surface area contributed by atoms with Gasteiger partial charge >= 0.3 is 0 Å². The van der Waals surface area contributed by atoms with E-state index in [9.17, 15) is 19.2 Å². The molecule has 0 aliphatic carbocycles. The number of rotatable bonds is 18. The molecule has 0 aromatic heterocycles. The van der Waals surface area contributed by atoms with Crippen molar-refractivity contribution in [2.45, 2.75) is 176 Å². The third kappa shape index (κ3) is 12.5. The van der Waals surface area contributed by atoms with Crippen LogP contribution in [0.4, 0.5) is 0 Å². The van der Waals surface area contributed by atoms with Crippen LogP contribution in [0.15, 0.2) is 11.6 Å². The Hall–Kier alpha value is -2.42. The predicted molar refractivity (Wildman–Crippen MR) is 196 cm³/mol. The van der Waals surface area contributed by atoms with Gasteiger partial charge in [-0.15, -0.1) is 0 Å². The summed E-state index contributed by atoms with van der Waals surface area (Å²) in [6.07, 6.45) is 15.9. The molecular formula is C39H71N5O4. The van der Waals surface area contributed by atoms with Crippen molar-refractivity contribution >= 4 is 23.6 Å². The average molecular weight is 674 g/mol. The fraction of sp³-hybridized carbons (Fsp3) is 0.846. The zero-order valence-electron chi connectivity index (χ0n) is 32.3. The molecule has 2 heterocycles. The van der Waals surface area contributed by atoms with E-state index < -0.39 is 17.5 Å². The van der Waals surface area contributed by atoms with Gasteiger partial charge in [-0.3, -0.25) is 24.1 Å². The van der Waals surface area contributed by atoms with Crippen LogP contribution in [0.25, 0.3) is 0 Å². The van der Waals surface area contributed by atoms with E-state index in [-0.39, 0.29) is 47.7 Å². The summed E-state index contributed by atoms with van der Waals surface area (Å²) in [7, 11) is 1.77. The second-order valence-corrected chi connectivity index (χ2v) is 16.1. The summed E-state index contributed by atoms with van der Waals surface area (Å²) in [5.74, 6) is -0.455. The van der Waals surface area contributed by atoms with Crippen LogP contribution < -0.4 is 10.6 Å². The molecule has 2 saturated heterocycles. The standard InChI is InChI=1S/C39H71N5O4/c1-11-12-13-14-15-16-17-19-24-40-35(45)31-23-21-26-44(31)37(47)30(6)27-33(28(2)3)42(10)38(48)34(39(7,8)9)41-36(46)32-22-18-20-25-43(32)29(4)5/h27-29,31-34H,11-26H2,1-10H3,(H,40,45)(H,41,46)/b30-27+/t31?,32?,33-,34?/m1/s1. The van der Waals surface area contributed by atoms with Crippen molar-refractivity contribution in [2.75, 3.05) is 26.7 Å². The lowest BCUT2D eigenvalue weighted by molar-refractivity contribution is -0.142. The lowest BCUT2D eigenvalue weighted by Crippen LogP contribution is -2.60. The van der Waals surface area contributed by atoms with Gasteiger partial charge in [0.2, 0.25) is 23.6 Å². The SMILES string of the molecule is CCCCCCCCCCNC(=O)C1CCCN1C(=O)/C(C)=C/[C@H](C(C)C)N(C)C(=O)C(NC(=O)C1CCCCN1C(C)C)C(C)(C)C. The van der Waals surface area contributed by atoms with Gasteiger partial charge < -0.3 is 20.4 Å². The Morgan fingerprint density at radius 3 is 2.02 bits per heavy atom. The minimum Gasteiger partial charge on any atom is -0.354 e. The van der Waals surface area contributed by atoms with Crippen molar-refractivity contribution in [1.29, 1.82) is 0 Å². The van der Waals surface area contributed by atoms with Gasteiger partial charge in [0.1, 0.15) is 12.1 Å². The van der Waals surface area contributed by atoms with E-state index in [4.69, 9.17) is 0 Å². The van der Waals surface area contributed by atoms with Crippen LogP contribution in [0.1, 0.15) is 146 Å². The second-order valence-electron chi connectivity index (χ2n) is 16.1. The van der Waals surface area contributed by atoms with Crippen LogP contribution >= 0.6 is 0 Å². The zero-order valence-corrected chi connectivity index (χ0v) is 32.3. The highest BCUT2D eigenvalue weighted by Crippen LogP contribution is 2.27. The summed E-state index contributed by atoms with van der Waals surface area (Å²) in [5.41, 5.74) is 0.0152. The molecule has 9 nitrogen and oxygen atoms in total. The third-order valence-corrected chi connectivity index (χ3v) is 10.3. The molecule has 0 saturated carbocycles. The second kappa shape index (κ2) is 20.3. The smallest absolute Gasteiger partial charge is 0.249 e. The van der Waals surface area contributed by atoms with Crippen molar-refractivity contribution in [2.24, 2.45) is 11.3 Å². The maximum atomic E-state index is 14.2. The molecule has 2 rings (SSSR count). The fourth-order valence-electron chi connectivity index (χ4n) is 7.27. The molecule has 48 heavy (non-hydrogen) atoms. The number of carbonyl (C=O) groups is 4. The summed E-state index contributed by atoms with van der Waals surface area (Å²) in [6, 6.07) is -1.53. The Labute approximate surface area is 293 Å². The van der Waals surface area contributed by atoms with Crippen LogP contribution in [0.5, 0.6) is 0 Å². The number of likely N-dealkylation sites (N-methyl/N-ethyl adjacent to an activating group) is 1. The largest absolute Gasteiger partial charge is 0.354 e. The van der Waals surface area contributed by atoms with Crippen LogP contribution in [0, 0.1) is 11.3 Å². The first-order chi connectivity index (χ1) is 22.6. The van der Waals surface area contributed by atoms with Crippen molar-refractivity contribution in [1.82, 2.24) is 25.3 Å². The van der Waals surface area contributed by atoms with Gasteiger partial charge in [-0.2, -0.15) is 0 Å². The number of unbranched alkanes of at least 4 members (excludes halogenated alkanes) is 7. The molecule has 4 atom stereocenters. The molecule has 2 fully saturated rings. The molecule has 0 aromatic carbocycles. The monoisotopic (exact) mass is 674 g/mol. The van der Waals surface area contributed by atoms with Gasteiger partial charge in [0.15, 0.2) is 0 Å². The van der Waals surface area contributed by atoms with E-state index in [2.05, 4.69) is 36.3 Å². The minimum atomic E-state index is -0.718. The van der Waals surface area contributed by atoms with Crippen LogP contribution in [0.2, 0.25) is 0 Å².